The Hall–Kier alpha value is -3.28. The highest BCUT2D eigenvalue weighted by atomic mass is 32.2. The van der Waals surface area contributed by atoms with Crippen LogP contribution in [0.4, 0.5) is 0 Å². The maximum Gasteiger partial charge on any atom is 0.442 e. The lowest BCUT2D eigenvalue weighted by Crippen LogP contribution is -2.40. The Balaban J connectivity index is 1.40. The van der Waals surface area contributed by atoms with E-state index in [9.17, 15) is 18.0 Å². The van der Waals surface area contributed by atoms with Crippen molar-refractivity contribution in [2.45, 2.75) is 24.9 Å². The number of hydrogen-bond donors (Lipinski definition) is 1. The molecule has 174 valence electrons. The summed E-state index contributed by atoms with van der Waals surface area (Å²) in [6.45, 7) is 3.21. The van der Waals surface area contributed by atoms with Gasteiger partial charge in [0.2, 0.25) is 15.9 Å². The second-order valence-electron chi connectivity index (χ2n) is 7.61. The summed E-state index contributed by atoms with van der Waals surface area (Å²) < 4.78 is 38.0. The molecule has 0 radical (unpaired) electrons. The highest BCUT2D eigenvalue weighted by Crippen LogP contribution is 2.20. The first kappa shape index (κ1) is 22.9. The maximum absolute atomic E-state index is 12.7. The van der Waals surface area contributed by atoms with Crippen LogP contribution < -0.4 is 11.1 Å². The summed E-state index contributed by atoms with van der Waals surface area (Å²) in [5.41, 5.74) is 2.32. The van der Waals surface area contributed by atoms with Crippen molar-refractivity contribution in [2.75, 3.05) is 26.3 Å². The number of sulfonamides is 1. The van der Waals surface area contributed by atoms with E-state index in [4.69, 9.17) is 9.26 Å². The van der Waals surface area contributed by atoms with E-state index < -0.39 is 21.7 Å². The van der Waals surface area contributed by atoms with Crippen molar-refractivity contribution in [3.63, 3.8) is 0 Å². The normalized spacial score (nSPS) is 14.8. The van der Waals surface area contributed by atoms with Gasteiger partial charge in [-0.05, 0) is 30.2 Å². The fraction of sp³-hybridized carbons (Fsp3) is 0.318. The molecule has 1 N–H and O–H groups in total. The lowest BCUT2D eigenvalue weighted by Gasteiger charge is -2.26. The van der Waals surface area contributed by atoms with Gasteiger partial charge in [0.25, 0.3) is 0 Å². The van der Waals surface area contributed by atoms with Crippen LogP contribution in [0.2, 0.25) is 0 Å². The van der Waals surface area contributed by atoms with Gasteiger partial charge in [-0.1, -0.05) is 41.6 Å². The Bertz CT molecular complexity index is 1290. The highest BCUT2D eigenvalue weighted by molar-refractivity contribution is 7.89. The van der Waals surface area contributed by atoms with Crippen molar-refractivity contribution in [1.29, 1.82) is 0 Å². The van der Waals surface area contributed by atoms with Crippen molar-refractivity contribution < 1.29 is 22.5 Å². The van der Waals surface area contributed by atoms with Crippen LogP contribution in [0.3, 0.4) is 0 Å². The van der Waals surface area contributed by atoms with Gasteiger partial charge in [0.1, 0.15) is 6.54 Å². The molecule has 1 fully saturated rings. The van der Waals surface area contributed by atoms with Crippen LogP contribution in [0.25, 0.3) is 11.4 Å². The molecule has 1 amide bonds. The summed E-state index contributed by atoms with van der Waals surface area (Å²) in [5, 5.41) is 6.55. The predicted octanol–water partition coefficient (Wildman–Crippen LogP) is 1.15. The Morgan fingerprint density at radius 1 is 1.09 bits per heavy atom. The molecule has 2 heterocycles. The van der Waals surface area contributed by atoms with E-state index in [1.54, 1.807) is 18.2 Å². The smallest absolute Gasteiger partial charge is 0.379 e. The predicted molar refractivity (Wildman–Crippen MR) is 119 cm³/mol. The molecule has 0 atom stereocenters. The number of aromatic nitrogens is 2. The summed E-state index contributed by atoms with van der Waals surface area (Å²) in [6, 6.07) is 13.7. The standard InChI is InChI=1S/C22H24N4O6S/c1-16-4-2-3-5-19(16)21-24-32-22(28)26(21)15-20(27)23-14-17-6-8-18(9-7-17)33(29,30)25-10-12-31-13-11-25/h2-9H,10-15H2,1H3,(H,23,27). The Kier molecular flexibility index (Phi) is 6.72. The zero-order chi connectivity index (χ0) is 23.4. The maximum atomic E-state index is 12.7. The summed E-state index contributed by atoms with van der Waals surface area (Å²) >= 11 is 0. The molecule has 0 spiro atoms. The first-order chi connectivity index (χ1) is 15.9. The molecule has 11 heteroatoms. The number of carbonyl (C=O) groups excluding carboxylic acids is 1. The number of hydrogen-bond acceptors (Lipinski definition) is 7. The van der Waals surface area contributed by atoms with Crippen LogP contribution in [0.1, 0.15) is 11.1 Å². The molecule has 33 heavy (non-hydrogen) atoms. The molecule has 1 aromatic heterocycles. The van der Waals surface area contributed by atoms with Crippen molar-refractivity contribution in [3.05, 3.63) is 70.2 Å². The van der Waals surface area contributed by atoms with Gasteiger partial charge in [-0.3, -0.25) is 9.32 Å². The lowest BCUT2D eigenvalue weighted by molar-refractivity contribution is -0.121. The van der Waals surface area contributed by atoms with Crippen molar-refractivity contribution in [2.24, 2.45) is 0 Å². The largest absolute Gasteiger partial charge is 0.442 e. The van der Waals surface area contributed by atoms with Gasteiger partial charge < -0.3 is 10.1 Å². The van der Waals surface area contributed by atoms with Crippen molar-refractivity contribution in [1.82, 2.24) is 19.3 Å². The number of aryl methyl sites for hydroxylation is 1. The zero-order valence-electron chi connectivity index (χ0n) is 18.1. The molecule has 0 aliphatic carbocycles. The van der Waals surface area contributed by atoms with Gasteiger partial charge in [-0.15, -0.1) is 0 Å². The summed E-state index contributed by atoms with van der Waals surface area (Å²) in [4.78, 5) is 24.8. The summed E-state index contributed by atoms with van der Waals surface area (Å²) in [6.07, 6.45) is 0. The monoisotopic (exact) mass is 472 g/mol. The van der Waals surface area contributed by atoms with Gasteiger partial charge in [0.15, 0.2) is 5.82 Å². The molecule has 3 aromatic rings. The second-order valence-corrected chi connectivity index (χ2v) is 9.55. The molecular weight excluding hydrogens is 448 g/mol. The first-order valence-corrected chi connectivity index (χ1v) is 11.9. The molecule has 4 rings (SSSR count). The number of carbonyl (C=O) groups is 1. The number of nitrogens with zero attached hydrogens (tertiary/aromatic N) is 3. The molecular formula is C22H24N4O6S. The third-order valence-corrected chi connectivity index (χ3v) is 7.31. The number of amides is 1. The van der Waals surface area contributed by atoms with Crippen LogP contribution in [-0.4, -0.2) is 54.7 Å². The minimum absolute atomic E-state index is 0.177. The number of morpholine rings is 1. The molecule has 1 aliphatic heterocycles. The average Bonchev–Trinajstić information content (AvgIpc) is 3.18. The molecule has 0 bridgehead atoms. The topological polar surface area (TPSA) is 124 Å². The van der Waals surface area contributed by atoms with Crippen LogP contribution in [0.15, 0.2) is 62.7 Å². The minimum atomic E-state index is -3.57. The molecule has 10 nitrogen and oxygen atoms in total. The summed E-state index contributed by atoms with van der Waals surface area (Å²) in [5.74, 6) is -0.841. The van der Waals surface area contributed by atoms with Gasteiger partial charge in [-0.2, -0.15) is 4.31 Å². The van der Waals surface area contributed by atoms with Gasteiger partial charge in [0, 0.05) is 25.2 Å². The molecule has 0 saturated carbocycles. The molecule has 1 saturated heterocycles. The van der Waals surface area contributed by atoms with E-state index in [2.05, 4.69) is 10.5 Å². The first-order valence-electron chi connectivity index (χ1n) is 10.4. The SMILES string of the molecule is Cc1ccccc1-c1noc(=O)n1CC(=O)NCc1ccc(S(=O)(=O)N2CCOCC2)cc1. The van der Waals surface area contributed by atoms with Gasteiger partial charge in [0.05, 0.1) is 18.1 Å². The zero-order valence-corrected chi connectivity index (χ0v) is 18.9. The van der Waals surface area contributed by atoms with Gasteiger partial charge in [-0.25, -0.2) is 17.8 Å². The molecule has 2 aromatic carbocycles. The molecule has 1 aliphatic rings. The number of benzene rings is 2. The van der Waals surface area contributed by atoms with Crippen LogP contribution in [0.5, 0.6) is 0 Å². The Morgan fingerprint density at radius 2 is 1.79 bits per heavy atom. The van der Waals surface area contributed by atoms with E-state index >= 15 is 0 Å². The lowest BCUT2D eigenvalue weighted by atomic mass is 10.1. The fourth-order valence-corrected chi connectivity index (χ4v) is 4.95. The van der Waals surface area contributed by atoms with Crippen LogP contribution >= 0.6 is 0 Å². The number of ether oxygens (including phenoxy) is 1. The average molecular weight is 473 g/mol. The van der Waals surface area contributed by atoms with E-state index in [1.165, 1.54) is 21.0 Å². The third kappa shape index (κ3) is 5.05. The van der Waals surface area contributed by atoms with Gasteiger partial charge >= 0.3 is 5.76 Å². The van der Waals surface area contributed by atoms with E-state index in [-0.39, 0.29) is 23.8 Å². The highest BCUT2D eigenvalue weighted by Gasteiger charge is 2.26. The molecule has 0 unspecified atom stereocenters. The quantitative estimate of drug-likeness (QED) is 0.547. The van der Waals surface area contributed by atoms with E-state index in [1.807, 2.05) is 25.1 Å². The van der Waals surface area contributed by atoms with Crippen molar-refractivity contribution in [3.8, 4) is 11.4 Å². The van der Waals surface area contributed by atoms with E-state index in [0.717, 1.165) is 11.1 Å². The van der Waals surface area contributed by atoms with Crippen LogP contribution in [-0.2, 0) is 32.6 Å². The number of rotatable bonds is 7. The fourth-order valence-electron chi connectivity index (χ4n) is 3.54. The van der Waals surface area contributed by atoms with E-state index in [0.29, 0.717) is 31.9 Å². The Labute approximate surface area is 190 Å². The third-order valence-electron chi connectivity index (χ3n) is 5.39. The summed E-state index contributed by atoms with van der Waals surface area (Å²) in [7, 11) is -3.57. The van der Waals surface area contributed by atoms with Crippen molar-refractivity contribution >= 4 is 15.9 Å². The minimum Gasteiger partial charge on any atom is -0.379 e. The van der Waals surface area contributed by atoms with Crippen LogP contribution in [0, 0.1) is 6.92 Å². The number of nitrogens with one attached hydrogen (secondary N) is 1. The Morgan fingerprint density at radius 3 is 2.48 bits per heavy atom. The second kappa shape index (κ2) is 9.69.